The topological polar surface area (TPSA) is 90.2 Å². The maximum absolute atomic E-state index is 14.2. The maximum Gasteiger partial charge on any atom is 0.227 e. The molecule has 9 heteroatoms. The van der Waals surface area contributed by atoms with Crippen molar-refractivity contribution in [2.45, 2.75) is 39.2 Å². The van der Waals surface area contributed by atoms with Gasteiger partial charge >= 0.3 is 0 Å². The molecule has 1 atom stereocenters. The molecular formula is C29H25F2N5O2. The lowest BCUT2D eigenvalue weighted by Crippen LogP contribution is -2.39. The normalized spacial score (nSPS) is 15.9. The van der Waals surface area contributed by atoms with Gasteiger partial charge in [0, 0.05) is 35.1 Å². The van der Waals surface area contributed by atoms with Crippen molar-refractivity contribution >= 4 is 28.3 Å². The molecule has 0 bridgehead atoms. The molecule has 5 aromatic rings. The zero-order chi connectivity index (χ0) is 26.6. The number of nitrogens with two attached hydrogens (primary N) is 1. The number of aryl methyl sites for hydroxylation is 2. The predicted molar refractivity (Wildman–Crippen MR) is 141 cm³/mol. The molecule has 0 saturated carbocycles. The van der Waals surface area contributed by atoms with E-state index >= 15 is 0 Å². The first kappa shape index (κ1) is 23.8. The monoisotopic (exact) mass is 513 g/mol. The highest BCUT2D eigenvalue weighted by Gasteiger charge is 2.35. The Morgan fingerprint density at radius 1 is 0.974 bits per heavy atom. The van der Waals surface area contributed by atoms with Gasteiger partial charge in [-0.1, -0.05) is 11.2 Å². The van der Waals surface area contributed by atoms with E-state index in [2.05, 4.69) is 5.16 Å². The molecular weight excluding hydrogens is 488 g/mol. The lowest BCUT2D eigenvalue weighted by atomic mass is 9.99. The van der Waals surface area contributed by atoms with Gasteiger partial charge in [-0.05, 0) is 80.8 Å². The second-order valence-electron chi connectivity index (χ2n) is 9.57. The molecule has 2 N–H and O–H groups in total. The van der Waals surface area contributed by atoms with Crippen LogP contribution in [0.4, 0.5) is 20.2 Å². The molecule has 0 radical (unpaired) electrons. The fourth-order valence-corrected chi connectivity index (χ4v) is 5.34. The Labute approximate surface area is 217 Å². The first-order valence-electron chi connectivity index (χ1n) is 12.4. The number of anilines is 2. The zero-order valence-corrected chi connectivity index (χ0v) is 20.9. The van der Waals surface area contributed by atoms with Gasteiger partial charge in [-0.3, -0.25) is 9.36 Å². The lowest BCUT2D eigenvalue weighted by Gasteiger charge is -2.35. The van der Waals surface area contributed by atoms with Gasteiger partial charge in [0.05, 0.1) is 22.8 Å². The Bertz CT molecular complexity index is 1670. The van der Waals surface area contributed by atoms with Gasteiger partial charge in [0.15, 0.2) is 11.6 Å². The van der Waals surface area contributed by atoms with Crippen LogP contribution >= 0.6 is 0 Å². The Kier molecular flexibility index (Phi) is 5.71. The van der Waals surface area contributed by atoms with Crippen molar-refractivity contribution in [3.8, 4) is 16.8 Å². The molecule has 1 saturated heterocycles. The molecule has 0 spiro atoms. The fraction of sp³-hybridized carbons (Fsp3) is 0.207. The van der Waals surface area contributed by atoms with Gasteiger partial charge in [-0.15, -0.1) is 0 Å². The van der Waals surface area contributed by atoms with Gasteiger partial charge in [0.2, 0.25) is 5.91 Å². The molecule has 38 heavy (non-hydrogen) atoms. The Morgan fingerprint density at radius 3 is 2.45 bits per heavy atom. The first-order valence-corrected chi connectivity index (χ1v) is 12.4. The van der Waals surface area contributed by atoms with Crippen LogP contribution in [0.25, 0.3) is 27.8 Å². The van der Waals surface area contributed by atoms with Gasteiger partial charge in [-0.25, -0.2) is 13.8 Å². The van der Waals surface area contributed by atoms with E-state index in [4.69, 9.17) is 15.2 Å². The molecule has 1 fully saturated rings. The van der Waals surface area contributed by atoms with Crippen molar-refractivity contribution < 1.29 is 18.1 Å². The predicted octanol–water partition coefficient (Wildman–Crippen LogP) is 6.42. The number of hydrogen-bond acceptors (Lipinski definition) is 5. The molecule has 1 amide bonds. The summed E-state index contributed by atoms with van der Waals surface area (Å²) in [7, 11) is 0. The van der Waals surface area contributed by atoms with E-state index in [1.165, 1.54) is 11.0 Å². The van der Waals surface area contributed by atoms with Crippen molar-refractivity contribution in [1.82, 2.24) is 14.7 Å². The zero-order valence-electron chi connectivity index (χ0n) is 20.9. The number of amides is 1. The van der Waals surface area contributed by atoms with Crippen molar-refractivity contribution in [3.05, 3.63) is 89.6 Å². The minimum absolute atomic E-state index is 0.167. The van der Waals surface area contributed by atoms with Crippen molar-refractivity contribution in [3.63, 3.8) is 0 Å². The van der Waals surface area contributed by atoms with Crippen LogP contribution in [0.5, 0.6) is 0 Å². The standard InChI is InChI=1S/C29H25F2N5O2/c1-16-28(17(2)38-34-16)18-6-13-25-24(14-18)33-29(36(25)20-9-7-19(32)8-10-20)26-4-3-5-27(37)35(26)21-11-12-22(30)23(31)15-21/h6-15,26H,3-5,32H2,1-2H3/t26-/m0/s1. The summed E-state index contributed by atoms with van der Waals surface area (Å²) in [6.07, 6.45) is 1.58. The molecule has 192 valence electrons. The Hall–Kier alpha value is -4.53. The SMILES string of the molecule is Cc1noc(C)c1-c1ccc2c(c1)nc([C@@H]1CCCC(=O)N1c1ccc(F)c(F)c1)n2-c1ccc(N)cc1. The molecule has 1 aliphatic heterocycles. The minimum Gasteiger partial charge on any atom is -0.399 e. The summed E-state index contributed by atoms with van der Waals surface area (Å²) < 4.78 is 35.3. The summed E-state index contributed by atoms with van der Waals surface area (Å²) in [5.41, 5.74) is 11.9. The van der Waals surface area contributed by atoms with Gasteiger partial charge in [0.25, 0.3) is 0 Å². The largest absolute Gasteiger partial charge is 0.399 e. The average Bonchev–Trinajstić information content (AvgIpc) is 3.45. The summed E-state index contributed by atoms with van der Waals surface area (Å²) in [5, 5.41) is 4.08. The molecule has 2 aromatic heterocycles. The highest BCUT2D eigenvalue weighted by Crippen LogP contribution is 2.39. The molecule has 1 aliphatic rings. The van der Waals surface area contributed by atoms with Crippen LogP contribution in [-0.4, -0.2) is 20.6 Å². The van der Waals surface area contributed by atoms with Gasteiger partial charge in [-0.2, -0.15) is 0 Å². The summed E-state index contributed by atoms with van der Waals surface area (Å²) in [4.78, 5) is 19.8. The third kappa shape index (κ3) is 3.91. The van der Waals surface area contributed by atoms with Crippen LogP contribution in [0.15, 0.2) is 65.2 Å². The highest BCUT2D eigenvalue weighted by molar-refractivity contribution is 5.95. The van der Waals surface area contributed by atoms with E-state index in [0.29, 0.717) is 42.2 Å². The minimum atomic E-state index is -1.00. The van der Waals surface area contributed by atoms with E-state index in [0.717, 1.165) is 45.7 Å². The number of hydrogen-bond donors (Lipinski definition) is 1. The Balaban J connectivity index is 1.57. The smallest absolute Gasteiger partial charge is 0.227 e. The summed E-state index contributed by atoms with van der Waals surface area (Å²) in [6.45, 7) is 3.76. The first-order chi connectivity index (χ1) is 18.3. The van der Waals surface area contributed by atoms with Crippen LogP contribution in [0.2, 0.25) is 0 Å². The van der Waals surface area contributed by atoms with Crippen LogP contribution < -0.4 is 10.6 Å². The molecule has 3 aromatic carbocycles. The average molecular weight is 514 g/mol. The maximum atomic E-state index is 14.2. The molecule has 3 heterocycles. The highest BCUT2D eigenvalue weighted by atomic mass is 19.2. The summed E-state index contributed by atoms with van der Waals surface area (Å²) >= 11 is 0. The van der Waals surface area contributed by atoms with Crippen molar-refractivity contribution in [2.75, 3.05) is 10.6 Å². The number of aromatic nitrogens is 3. The number of nitrogens with zero attached hydrogens (tertiary/aromatic N) is 4. The lowest BCUT2D eigenvalue weighted by molar-refractivity contribution is -0.120. The van der Waals surface area contributed by atoms with E-state index < -0.39 is 17.7 Å². The number of piperidine rings is 1. The third-order valence-corrected chi connectivity index (χ3v) is 7.08. The van der Waals surface area contributed by atoms with Crippen molar-refractivity contribution in [1.29, 1.82) is 0 Å². The van der Waals surface area contributed by atoms with Gasteiger partial charge in [0.1, 0.15) is 11.6 Å². The van der Waals surface area contributed by atoms with Crippen molar-refractivity contribution in [2.24, 2.45) is 0 Å². The molecule has 7 nitrogen and oxygen atoms in total. The number of rotatable bonds is 4. The van der Waals surface area contributed by atoms with Crippen LogP contribution in [0.3, 0.4) is 0 Å². The number of fused-ring (bicyclic) bond motifs is 1. The van der Waals surface area contributed by atoms with E-state index in [-0.39, 0.29) is 5.91 Å². The van der Waals surface area contributed by atoms with E-state index in [1.807, 2.05) is 60.9 Å². The number of imidazole rings is 1. The Morgan fingerprint density at radius 2 is 1.74 bits per heavy atom. The summed E-state index contributed by atoms with van der Waals surface area (Å²) in [5.74, 6) is -0.799. The second kappa shape index (κ2) is 9.09. The molecule has 6 rings (SSSR count). The number of benzene rings is 3. The number of nitrogen functional groups attached to an aromatic ring is 1. The van der Waals surface area contributed by atoms with Crippen LogP contribution in [0, 0.1) is 25.5 Å². The number of carbonyl (C=O) groups excluding carboxylic acids is 1. The van der Waals surface area contributed by atoms with Crippen LogP contribution in [-0.2, 0) is 4.79 Å². The van der Waals surface area contributed by atoms with E-state index in [1.54, 1.807) is 0 Å². The quantitative estimate of drug-likeness (QED) is 0.280. The number of carbonyl (C=O) groups is 1. The third-order valence-electron chi connectivity index (χ3n) is 7.08. The molecule has 0 aliphatic carbocycles. The van der Waals surface area contributed by atoms with Gasteiger partial charge < -0.3 is 15.2 Å². The fourth-order valence-electron chi connectivity index (χ4n) is 5.34. The number of halogens is 2. The van der Waals surface area contributed by atoms with E-state index in [9.17, 15) is 13.6 Å². The summed E-state index contributed by atoms with van der Waals surface area (Å²) in [6, 6.07) is 16.4. The second-order valence-corrected chi connectivity index (χ2v) is 9.57. The van der Waals surface area contributed by atoms with Crippen LogP contribution in [0.1, 0.15) is 42.6 Å². The molecule has 0 unspecified atom stereocenters.